The molecule has 1 aliphatic carbocycles. The number of nitrogens with zero attached hydrogens (tertiary/aromatic N) is 3. The number of fused-ring (bicyclic) bond motifs is 3. The number of hydrazone groups is 1. The van der Waals surface area contributed by atoms with Gasteiger partial charge in [-0.05, 0) is 36.6 Å². The fourth-order valence-corrected chi connectivity index (χ4v) is 4.20. The summed E-state index contributed by atoms with van der Waals surface area (Å²) in [5, 5.41) is 17.7. The largest absolute Gasteiger partial charge is 0.497 e. The molecule has 4 rings (SSSR count). The van der Waals surface area contributed by atoms with Crippen LogP contribution in [0, 0.1) is 16.0 Å². The molecule has 0 N–H and O–H groups in total. The van der Waals surface area contributed by atoms with Crippen LogP contribution in [0.4, 0.5) is 5.69 Å². The number of nitro groups is 1. The van der Waals surface area contributed by atoms with Crippen molar-refractivity contribution in [1.82, 2.24) is 5.01 Å². The number of methoxy groups -OCH3 is 1. The van der Waals surface area contributed by atoms with Gasteiger partial charge in [-0.2, -0.15) is 5.10 Å². The third-order valence-corrected chi connectivity index (χ3v) is 5.54. The summed E-state index contributed by atoms with van der Waals surface area (Å²) in [6.45, 7) is 1.78. The number of para-hydroxylation sites is 1. The van der Waals surface area contributed by atoms with E-state index >= 15 is 0 Å². The first-order chi connectivity index (χ1) is 13.5. The molecule has 28 heavy (non-hydrogen) atoms. The van der Waals surface area contributed by atoms with Crippen LogP contribution in [0.5, 0.6) is 5.75 Å². The molecule has 0 unspecified atom stereocenters. The van der Waals surface area contributed by atoms with Gasteiger partial charge in [0.25, 0.3) is 5.69 Å². The van der Waals surface area contributed by atoms with E-state index in [9.17, 15) is 14.9 Å². The summed E-state index contributed by atoms with van der Waals surface area (Å²) < 4.78 is 5.36. The van der Waals surface area contributed by atoms with Crippen molar-refractivity contribution in [1.29, 1.82) is 0 Å². The smallest absolute Gasteiger partial charge is 0.274 e. The van der Waals surface area contributed by atoms with Gasteiger partial charge in [0.05, 0.1) is 29.4 Å². The number of ether oxygens (including phenoxy) is 1. The van der Waals surface area contributed by atoms with Crippen molar-refractivity contribution in [3.8, 4) is 5.75 Å². The highest BCUT2D eigenvalue weighted by Crippen LogP contribution is 2.46. The summed E-state index contributed by atoms with van der Waals surface area (Å²) in [5.41, 5.74) is 3.48. The molecule has 0 saturated carbocycles. The molecule has 0 spiro atoms. The van der Waals surface area contributed by atoms with Gasteiger partial charge in [-0.15, -0.1) is 0 Å². The summed E-state index contributed by atoms with van der Waals surface area (Å²) in [5.74, 6) is 0.496. The van der Waals surface area contributed by atoms with Gasteiger partial charge in [0, 0.05) is 24.0 Å². The fraction of sp³-hybridized carbons (Fsp3) is 0.333. The molecule has 0 saturated heterocycles. The Kier molecular flexibility index (Phi) is 4.58. The van der Waals surface area contributed by atoms with Crippen LogP contribution in [0.1, 0.15) is 42.5 Å². The monoisotopic (exact) mass is 379 g/mol. The van der Waals surface area contributed by atoms with Gasteiger partial charge in [-0.25, -0.2) is 5.01 Å². The summed E-state index contributed by atoms with van der Waals surface area (Å²) >= 11 is 0. The highest BCUT2D eigenvalue weighted by Gasteiger charge is 2.45. The predicted octanol–water partition coefficient (Wildman–Crippen LogP) is 3.86. The normalized spacial score (nSPS) is 20.2. The maximum atomic E-state index is 12.7. The Morgan fingerprint density at radius 1 is 1.32 bits per heavy atom. The molecule has 0 bridgehead atoms. The summed E-state index contributed by atoms with van der Waals surface area (Å²) in [6, 6.07) is 12.1. The average molecular weight is 379 g/mol. The minimum absolute atomic E-state index is 0.0225. The maximum Gasteiger partial charge on any atom is 0.274 e. The van der Waals surface area contributed by atoms with E-state index in [1.54, 1.807) is 32.2 Å². The minimum atomic E-state index is -0.469. The lowest BCUT2D eigenvalue weighted by molar-refractivity contribution is -0.386. The Hall–Kier alpha value is -3.22. The van der Waals surface area contributed by atoms with Gasteiger partial charge >= 0.3 is 0 Å². The first-order valence-corrected chi connectivity index (χ1v) is 9.36. The highest BCUT2D eigenvalue weighted by atomic mass is 16.6. The number of amides is 1. The van der Waals surface area contributed by atoms with Gasteiger partial charge in [-0.1, -0.05) is 25.1 Å². The van der Waals surface area contributed by atoms with Crippen LogP contribution >= 0.6 is 0 Å². The molecule has 7 nitrogen and oxygen atoms in total. The quantitative estimate of drug-likeness (QED) is 0.596. The van der Waals surface area contributed by atoms with E-state index in [4.69, 9.17) is 4.74 Å². The number of hydrogen-bond acceptors (Lipinski definition) is 5. The lowest BCUT2D eigenvalue weighted by atomic mass is 9.77. The number of carbonyl (C=O) groups excluding carboxylic acids is 1. The zero-order chi connectivity index (χ0) is 19.8. The van der Waals surface area contributed by atoms with Crippen LogP contribution in [0.3, 0.4) is 0 Å². The second-order valence-electron chi connectivity index (χ2n) is 7.01. The van der Waals surface area contributed by atoms with Gasteiger partial charge in [0.15, 0.2) is 0 Å². The number of hydrogen-bond donors (Lipinski definition) is 0. The van der Waals surface area contributed by atoms with Crippen molar-refractivity contribution in [2.45, 2.75) is 32.2 Å². The van der Waals surface area contributed by atoms with Crippen LogP contribution in [0.25, 0.3) is 0 Å². The highest BCUT2D eigenvalue weighted by molar-refractivity contribution is 6.07. The van der Waals surface area contributed by atoms with Crippen molar-refractivity contribution in [2.75, 3.05) is 7.11 Å². The fourth-order valence-electron chi connectivity index (χ4n) is 4.20. The number of nitro benzene ring substituents is 1. The zero-order valence-electron chi connectivity index (χ0n) is 15.8. The maximum absolute atomic E-state index is 12.7. The topological polar surface area (TPSA) is 85.0 Å². The number of benzene rings is 2. The molecule has 0 fully saturated rings. The van der Waals surface area contributed by atoms with Crippen LogP contribution in [-0.4, -0.2) is 28.7 Å². The lowest BCUT2D eigenvalue weighted by Crippen LogP contribution is -2.32. The summed E-state index contributed by atoms with van der Waals surface area (Å²) in [4.78, 5) is 23.9. The first kappa shape index (κ1) is 18.2. The summed E-state index contributed by atoms with van der Waals surface area (Å²) in [7, 11) is 1.61. The molecule has 0 aromatic heterocycles. The van der Waals surface area contributed by atoms with E-state index in [0.717, 1.165) is 35.4 Å². The second-order valence-corrected chi connectivity index (χ2v) is 7.01. The van der Waals surface area contributed by atoms with Crippen molar-refractivity contribution < 1.29 is 14.5 Å². The van der Waals surface area contributed by atoms with Gasteiger partial charge in [-0.3, -0.25) is 14.9 Å². The van der Waals surface area contributed by atoms with E-state index in [1.165, 1.54) is 11.1 Å². The molecular weight excluding hydrogens is 358 g/mol. The van der Waals surface area contributed by atoms with Crippen LogP contribution < -0.4 is 4.74 Å². The molecule has 2 aromatic rings. The Morgan fingerprint density at radius 2 is 2.11 bits per heavy atom. The molecule has 1 amide bonds. The molecule has 2 aromatic carbocycles. The SMILES string of the molecule is CCC(=O)N1N=C2c3cc(OC)ccc3CC[C@H]2[C@H]1c1ccccc1[N+](=O)[O-]. The molecule has 1 aliphatic heterocycles. The van der Waals surface area contributed by atoms with E-state index < -0.39 is 6.04 Å². The van der Waals surface area contributed by atoms with Crippen LogP contribution in [-0.2, 0) is 11.2 Å². The van der Waals surface area contributed by atoms with E-state index in [2.05, 4.69) is 5.10 Å². The molecular formula is C21H21N3O4. The summed E-state index contributed by atoms with van der Waals surface area (Å²) in [6.07, 6.45) is 1.89. The number of aryl methyl sites for hydroxylation is 1. The Labute approximate surface area is 162 Å². The van der Waals surface area contributed by atoms with Gasteiger partial charge in [0.2, 0.25) is 5.91 Å². The van der Waals surface area contributed by atoms with E-state index in [1.807, 2.05) is 18.2 Å². The lowest BCUT2D eigenvalue weighted by Gasteiger charge is -2.29. The van der Waals surface area contributed by atoms with Crippen molar-refractivity contribution in [2.24, 2.45) is 11.0 Å². The molecule has 2 aliphatic rings. The molecule has 2 atom stereocenters. The third-order valence-electron chi connectivity index (χ3n) is 5.54. The molecule has 7 heteroatoms. The number of rotatable bonds is 4. The number of carbonyl (C=O) groups is 1. The predicted molar refractivity (Wildman–Crippen MR) is 104 cm³/mol. The van der Waals surface area contributed by atoms with E-state index in [-0.39, 0.29) is 28.9 Å². The standard InChI is InChI=1S/C21H21N3O4/c1-3-19(25)23-21(15-6-4-5-7-18(15)24(26)27)16-11-9-13-8-10-14(28-2)12-17(13)20(16)22-23/h4-8,10,12,16,21H,3,9,11H2,1-2H3/t16-,21-/m1/s1. The second kappa shape index (κ2) is 7.07. The molecule has 144 valence electrons. The third kappa shape index (κ3) is 2.83. The minimum Gasteiger partial charge on any atom is -0.497 e. The first-order valence-electron chi connectivity index (χ1n) is 9.36. The van der Waals surface area contributed by atoms with Gasteiger partial charge < -0.3 is 4.74 Å². The molecule has 0 radical (unpaired) electrons. The van der Waals surface area contributed by atoms with Gasteiger partial charge in [0.1, 0.15) is 5.75 Å². The van der Waals surface area contributed by atoms with E-state index in [0.29, 0.717) is 5.56 Å². The average Bonchev–Trinajstić information content (AvgIpc) is 3.12. The van der Waals surface area contributed by atoms with Crippen molar-refractivity contribution in [3.63, 3.8) is 0 Å². The van der Waals surface area contributed by atoms with Crippen molar-refractivity contribution >= 4 is 17.3 Å². The van der Waals surface area contributed by atoms with Crippen molar-refractivity contribution in [3.05, 3.63) is 69.3 Å². The Balaban J connectivity index is 1.86. The Bertz CT molecular complexity index is 985. The molecule has 1 heterocycles. The van der Waals surface area contributed by atoms with Crippen LogP contribution in [0.2, 0.25) is 0 Å². The Morgan fingerprint density at radius 3 is 2.82 bits per heavy atom. The zero-order valence-corrected chi connectivity index (χ0v) is 15.8. The van der Waals surface area contributed by atoms with Crippen LogP contribution in [0.15, 0.2) is 47.6 Å².